The van der Waals surface area contributed by atoms with Crippen molar-refractivity contribution in [1.82, 2.24) is 10.3 Å². The lowest BCUT2D eigenvalue weighted by Gasteiger charge is -2.07. The molecule has 21 heavy (non-hydrogen) atoms. The number of amides is 1. The van der Waals surface area contributed by atoms with E-state index in [-0.39, 0.29) is 11.7 Å². The summed E-state index contributed by atoms with van der Waals surface area (Å²) in [5.74, 6) is 0.252. The zero-order valence-electron chi connectivity index (χ0n) is 11.6. The van der Waals surface area contributed by atoms with Gasteiger partial charge in [0.1, 0.15) is 0 Å². The van der Waals surface area contributed by atoms with Crippen LogP contribution in [0, 0.1) is 0 Å². The van der Waals surface area contributed by atoms with E-state index < -0.39 is 0 Å². The van der Waals surface area contributed by atoms with Gasteiger partial charge in [-0.1, -0.05) is 12.1 Å². The maximum atomic E-state index is 11.7. The maximum Gasteiger partial charge on any atom is 0.244 e. The maximum absolute atomic E-state index is 11.7. The smallest absolute Gasteiger partial charge is 0.244 e. The minimum absolute atomic E-state index is 0.0732. The third-order valence-electron chi connectivity index (χ3n) is 2.82. The number of carbonyl (C=O) groups is 1. The number of methoxy groups -OCH3 is 1. The summed E-state index contributed by atoms with van der Waals surface area (Å²) in [5.41, 5.74) is 1.70. The van der Waals surface area contributed by atoms with Crippen LogP contribution in [-0.2, 0) is 11.3 Å². The summed E-state index contributed by atoms with van der Waals surface area (Å²) in [6.07, 6.45) is 6.50. The Morgan fingerprint density at radius 2 is 2.29 bits per heavy atom. The molecule has 0 aliphatic carbocycles. The van der Waals surface area contributed by atoms with Gasteiger partial charge in [-0.3, -0.25) is 9.78 Å². The molecule has 0 radical (unpaired) electrons. The molecule has 0 fully saturated rings. The normalized spacial score (nSPS) is 10.5. The molecule has 1 aromatic carbocycles. The van der Waals surface area contributed by atoms with Crippen LogP contribution < -0.4 is 10.1 Å². The molecule has 2 rings (SSSR count). The van der Waals surface area contributed by atoms with Crippen LogP contribution in [0.15, 0.2) is 48.8 Å². The predicted molar refractivity (Wildman–Crippen MR) is 79.8 cm³/mol. The molecule has 1 aromatic heterocycles. The first-order valence-corrected chi connectivity index (χ1v) is 6.41. The molecule has 0 atom stereocenters. The van der Waals surface area contributed by atoms with Gasteiger partial charge in [0, 0.05) is 25.0 Å². The highest BCUT2D eigenvalue weighted by molar-refractivity contribution is 5.91. The summed E-state index contributed by atoms with van der Waals surface area (Å²) < 4.78 is 5.01. The van der Waals surface area contributed by atoms with Crippen LogP contribution in [0.1, 0.15) is 11.1 Å². The Morgan fingerprint density at radius 3 is 3.00 bits per heavy atom. The molecular formula is C16H16N2O3. The fourth-order valence-electron chi connectivity index (χ4n) is 1.73. The zero-order chi connectivity index (χ0) is 15.1. The number of phenolic OH excluding ortho intramolecular Hbond substituents is 1. The first-order valence-electron chi connectivity index (χ1n) is 6.41. The molecule has 0 unspecified atom stereocenters. The topological polar surface area (TPSA) is 71.5 Å². The number of rotatable bonds is 5. The highest BCUT2D eigenvalue weighted by Gasteiger charge is 2.03. The van der Waals surface area contributed by atoms with Crippen molar-refractivity contribution in [1.29, 1.82) is 0 Å². The fourth-order valence-corrected chi connectivity index (χ4v) is 1.73. The number of ether oxygens (including phenoxy) is 1. The molecule has 2 aromatic rings. The number of hydrogen-bond donors (Lipinski definition) is 2. The van der Waals surface area contributed by atoms with Crippen molar-refractivity contribution < 1.29 is 14.6 Å². The van der Waals surface area contributed by atoms with Crippen molar-refractivity contribution in [3.8, 4) is 11.5 Å². The fraction of sp³-hybridized carbons (Fsp3) is 0.125. The zero-order valence-corrected chi connectivity index (χ0v) is 11.6. The van der Waals surface area contributed by atoms with E-state index in [4.69, 9.17) is 4.74 Å². The molecule has 5 heteroatoms. The standard InChI is InChI=1S/C16H16N2O3/c1-21-15-9-13(4-6-14(15)19)11-18-16(20)7-5-12-3-2-8-17-10-12/h2-10,19H,11H2,1H3,(H,18,20)/b7-5+. The van der Waals surface area contributed by atoms with Gasteiger partial charge >= 0.3 is 0 Å². The van der Waals surface area contributed by atoms with Crippen LogP contribution in [0.2, 0.25) is 0 Å². The summed E-state index contributed by atoms with van der Waals surface area (Å²) in [5, 5.41) is 12.2. The molecule has 0 spiro atoms. The number of carbonyl (C=O) groups excluding carboxylic acids is 1. The van der Waals surface area contributed by atoms with Gasteiger partial charge in [-0.2, -0.15) is 0 Å². The van der Waals surface area contributed by atoms with E-state index in [1.165, 1.54) is 19.3 Å². The highest BCUT2D eigenvalue weighted by Crippen LogP contribution is 2.26. The van der Waals surface area contributed by atoms with Crippen molar-refractivity contribution in [2.24, 2.45) is 0 Å². The third-order valence-corrected chi connectivity index (χ3v) is 2.82. The lowest BCUT2D eigenvalue weighted by atomic mass is 10.2. The molecule has 0 bridgehead atoms. The first kappa shape index (κ1) is 14.6. The average Bonchev–Trinajstić information content (AvgIpc) is 2.53. The van der Waals surface area contributed by atoms with Gasteiger partial charge in [-0.15, -0.1) is 0 Å². The van der Waals surface area contributed by atoms with Gasteiger partial charge < -0.3 is 15.2 Å². The third kappa shape index (κ3) is 4.35. The molecule has 0 aliphatic rings. The number of nitrogens with one attached hydrogen (secondary N) is 1. The molecule has 5 nitrogen and oxygen atoms in total. The second-order valence-electron chi connectivity index (χ2n) is 4.34. The first-order chi connectivity index (χ1) is 10.2. The summed E-state index contributed by atoms with van der Waals surface area (Å²) in [7, 11) is 1.48. The lowest BCUT2D eigenvalue weighted by Crippen LogP contribution is -2.20. The minimum atomic E-state index is -0.203. The van der Waals surface area contributed by atoms with E-state index in [1.54, 1.807) is 36.7 Å². The molecule has 2 N–H and O–H groups in total. The Hall–Kier alpha value is -2.82. The Kier molecular flexibility index (Phi) is 4.93. The van der Waals surface area contributed by atoms with Crippen LogP contribution in [0.25, 0.3) is 6.08 Å². The highest BCUT2D eigenvalue weighted by atomic mass is 16.5. The van der Waals surface area contributed by atoms with Crippen LogP contribution in [0.5, 0.6) is 11.5 Å². The van der Waals surface area contributed by atoms with E-state index in [0.717, 1.165) is 11.1 Å². The molecule has 0 saturated carbocycles. The Bertz CT molecular complexity index is 639. The average molecular weight is 284 g/mol. The number of pyridine rings is 1. The number of aromatic hydroxyl groups is 1. The Balaban J connectivity index is 1.91. The van der Waals surface area contributed by atoms with Crippen molar-refractivity contribution in [2.45, 2.75) is 6.54 Å². The molecular weight excluding hydrogens is 268 g/mol. The summed E-state index contributed by atoms with van der Waals surface area (Å²) in [4.78, 5) is 15.7. The Labute approximate surface area is 122 Å². The second-order valence-corrected chi connectivity index (χ2v) is 4.34. The molecule has 1 amide bonds. The van der Waals surface area contributed by atoms with Gasteiger partial charge in [-0.25, -0.2) is 0 Å². The monoisotopic (exact) mass is 284 g/mol. The predicted octanol–water partition coefficient (Wildman–Crippen LogP) is 2.13. The van der Waals surface area contributed by atoms with Gasteiger partial charge in [0.15, 0.2) is 11.5 Å². The minimum Gasteiger partial charge on any atom is -0.504 e. The van der Waals surface area contributed by atoms with Crippen molar-refractivity contribution in [3.05, 3.63) is 59.9 Å². The molecule has 0 saturated heterocycles. The van der Waals surface area contributed by atoms with E-state index in [0.29, 0.717) is 12.3 Å². The van der Waals surface area contributed by atoms with Crippen LogP contribution in [0.3, 0.4) is 0 Å². The summed E-state index contributed by atoms with van der Waals surface area (Å²) >= 11 is 0. The quantitative estimate of drug-likeness (QED) is 0.825. The van der Waals surface area contributed by atoms with E-state index in [9.17, 15) is 9.90 Å². The number of nitrogens with zero attached hydrogens (tertiary/aromatic N) is 1. The number of aromatic nitrogens is 1. The van der Waals surface area contributed by atoms with Gasteiger partial charge in [-0.05, 0) is 35.4 Å². The molecule has 108 valence electrons. The molecule has 0 aliphatic heterocycles. The lowest BCUT2D eigenvalue weighted by molar-refractivity contribution is -0.116. The summed E-state index contributed by atoms with van der Waals surface area (Å²) in [6.45, 7) is 0.354. The van der Waals surface area contributed by atoms with Crippen molar-refractivity contribution >= 4 is 12.0 Å². The van der Waals surface area contributed by atoms with Crippen LogP contribution in [0.4, 0.5) is 0 Å². The Morgan fingerprint density at radius 1 is 1.43 bits per heavy atom. The molecule has 1 heterocycles. The van der Waals surface area contributed by atoms with E-state index >= 15 is 0 Å². The van der Waals surface area contributed by atoms with Crippen molar-refractivity contribution in [3.63, 3.8) is 0 Å². The largest absolute Gasteiger partial charge is 0.504 e. The second kappa shape index (κ2) is 7.09. The van der Waals surface area contributed by atoms with Gasteiger partial charge in [0.05, 0.1) is 7.11 Å². The number of hydrogen-bond acceptors (Lipinski definition) is 4. The van der Waals surface area contributed by atoms with Gasteiger partial charge in [0.25, 0.3) is 0 Å². The number of phenols is 1. The summed E-state index contributed by atoms with van der Waals surface area (Å²) in [6, 6.07) is 8.61. The van der Waals surface area contributed by atoms with Crippen molar-refractivity contribution in [2.75, 3.05) is 7.11 Å². The van der Waals surface area contributed by atoms with Gasteiger partial charge in [0.2, 0.25) is 5.91 Å². The number of benzene rings is 1. The van der Waals surface area contributed by atoms with Crippen LogP contribution >= 0.6 is 0 Å². The van der Waals surface area contributed by atoms with E-state index in [1.807, 2.05) is 6.07 Å². The van der Waals surface area contributed by atoms with Crippen LogP contribution in [-0.4, -0.2) is 23.1 Å². The van der Waals surface area contributed by atoms with E-state index in [2.05, 4.69) is 10.3 Å². The SMILES string of the molecule is COc1cc(CNC(=O)/C=C/c2cccnc2)ccc1O.